The maximum absolute atomic E-state index is 13.8. The van der Waals surface area contributed by atoms with Gasteiger partial charge in [-0.15, -0.1) is 0 Å². The zero-order valence-corrected chi connectivity index (χ0v) is 13.6. The van der Waals surface area contributed by atoms with E-state index in [1.54, 1.807) is 48.5 Å². The van der Waals surface area contributed by atoms with Gasteiger partial charge in [-0.2, -0.15) is 5.26 Å². The number of allylic oxidation sites excluding steroid dienone is 1. The van der Waals surface area contributed by atoms with Gasteiger partial charge in [0.05, 0.1) is 11.6 Å². The van der Waals surface area contributed by atoms with Crippen LogP contribution in [-0.4, -0.2) is 5.97 Å². The van der Waals surface area contributed by atoms with Crippen LogP contribution < -0.4 is 4.74 Å². The van der Waals surface area contributed by atoms with Crippen LogP contribution in [0.4, 0.5) is 4.39 Å². The maximum atomic E-state index is 13.8. The molecule has 0 N–H and O–H groups in total. The summed E-state index contributed by atoms with van der Waals surface area (Å²) in [6.45, 7) is 3.88. The Labute approximate surface area is 141 Å². The summed E-state index contributed by atoms with van der Waals surface area (Å²) in [4.78, 5) is 11.7. The SMILES string of the molecule is CC(C)CC(=O)Oc1cccc(/C=C(/C#N)c2ccccc2F)c1. The highest BCUT2D eigenvalue weighted by atomic mass is 19.1. The first kappa shape index (κ1) is 17.4. The third-order valence-electron chi connectivity index (χ3n) is 3.26. The lowest BCUT2D eigenvalue weighted by atomic mass is 10.0. The second kappa shape index (κ2) is 8.07. The van der Waals surface area contributed by atoms with Crippen molar-refractivity contribution in [3.05, 3.63) is 65.5 Å². The summed E-state index contributed by atoms with van der Waals surface area (Å²) in [7, 11) is 0. The molecule has 0 aromatic heterocycles. The van der Waals surface area contributed by atoms with Crippen molar-refractivity contribution < 1.29 is 13.9 Å². The predicted molar refractivity (Wildman–Crippen MR) is 91.4 cm³/mol. The van der Waals surface area contributed by atoms with Gasteiger partial charge in [-0.3, -0.25) is 4.79 Å². The van der Waals surface area contributed by atoms with E-state index in [4.69, 9.17) is 4.74 Å². The second-order valence-electron chi connectivity index (χ2n) is 5.79. The van der Waals surface area contributed by atoms with Crippen LogP contribution in [0.2, 0.25) is 0 Å². The summed E-state index contributed by atoms with van der Waals surface area (Å²) in [5, 5.41) is 9.31. The lowest BCUT2D eigenvalue weighted by Gasteiger charge is -2.07. The first-order valence-corrected chi connectivity index (χ1v) is 7.67. The van der Waals surface area contributed by atoms with Crippen LogP contribution in [0.1, 0.15) is 31.4 Å². The van der Waals surface area contributed by atoms with Crippen molar-refractivity contribution in [3.63, 3.8) is 0 Å². The highest BCUT2D eigenvalue weighted by Gasteiger charge is 2.09. The Balaban J connectivity index is 2.26. The third kappa shape index (κ3) is 4.79. The van der Waals surface area contributed by atoms with E-state index in [0.717, 1.165) is 0 Å². The smallest absolute Gasteiger partial charge is 0.311 e. The van der Waals surface area contributed by atoms with Gasteiger partial charge in [0.15, 0.2) is 0 Å². The molecule has 2 aromatic carbocycles. The number of hydrogen-bond acceptors (Lipinski definition) is 3. The molecule has 0 aliphatic rings. The van der Waals surface area contributed by atoms with Crippen LogP contribution in [0.15, 0.2) is 48.5 Å². The average molecular weight is 323 g/mol. The van der Waals surface area contributed by atoms with Gasteiger partial charge in [-0.05, 0) is 35.8 Å². The molecule has 122 valence electrons. The molecule has 4 heteroatoms. The predicted octanol–water partition coefficient (Wildman–Crippen LogP) is 4.84. The molecule has 0 spiro atoms. The van der Waals surface area contributed by atoms with Gasteiger partial charge < -0.3 is 4.74 Å². The van der Waals surface area contributed by atoms with Crippen molar-refractivity contribution >= 4 is 17.6 Å². The molecule has 0 radical (unpaired) electrons. The number of ether oxygens (including phenoxy) is 1. The zero-order valence-electron chi connectivity index (χ0n) is 13.6. The number of carbonyl (C=O) groups is 1. The number of nitrogens with zero attached hydrogens (tertiary/aromatic N) is 1. The molecule has 0 aliphatic heterocycles. The van der Waals surface area contributed by atoms with Gasteiger partial charge in [-0.25, -0.2) is 4.39 Å². The standard InChI is InChI=1S/C20H18FNO2/c1-14(2)10-20(23)24-17-7-5-6-15(12-17)11-16(13-22)18-8-3-4-9-19(18)21/h3-9,11-12,14H,10H2,1-2H3/b16-11-. The Bertz CT molecular complexity index is 803. The van der Waals surface area contributed by atoms with E-state index in [-0.39, 0.29) is 23.0 Å². The van der Waals surface area contributed by atoms with Crippen molar-refractivity contribution in [3.8, 4) is 11.8 Å². The highest BCUT2D eigenvalue weighted by molar-refractivity contribution is 5.90. The molecule has 0 aliphatic carbocycles. The fourth-order valence-electron chi connectivity index (χ4n) is 2.19. The molecular formula is C20H18FNO2. The largest absolute Gasteiger partial charge is 0.427 e. The molecular weight excluding hydrogens is 305 g/mol. The summed E-state index contributed by atoms with van der Waals surface area (Å²) in [5.41, 5.74) is 1.10. The lowest BCUT2D eigenvalue weighted by Crippen LogP contribution is -2.10. The Morgan fingerprint density at radius 3 is 2.67 bits per heavy atom. The highest BCUT2D eigenvalue weighted by Crippen LogP contribution is 2.22. The van der Waals surface area contributed by atoms with Crippen LogP contribution in [0.25, 0.3) is 11.6 Å². The monoisotopic (exact) mass is 323 g/mol. The van der Waals surface area contributed by atoms with Crippen molar-refractivity contribution in [1.82, 2.24) is 0 Å². The van der Waals surface area contributed by atoms with Gasteiger partial charge in [-0.1, -0.05) is 44.2 Å². The first-order chi connectivity index (χ1) is 11.5. The van der Waals surface area contributed by atoms with Crippen molar-refractivity contribution in [2.75, 3.05) is 0 Å². The molecule has 0 saturated heterocycles. The number of carbonyl (C=O) groups excluding carboxylic acids is 1. The number of hydrogen-bond donors (Lipinski definition) is 0. The van der Waals surface area contributed by atoms with E-state index in [9.17, 15) is 14.4 Å². The van der Waals surface area contributed by atoms with E-state index in [1.807, 2.05) is 19.9 Å². The molecule has 0 atom stereocenters. The molecule has 24 heavy (non-hydrogen) atoms. The third-order valence-corrected chi connectivity index (χ3v) is 3.26. The zero-order chi connectivity index (χ0) is 17.5. The second-order valence-corrected chi connectivity index (χ2v) is 5.79. The number of nitriles is 1. The Morgan fingerprint density at radius 1 is 1.25 bits per heavy atom. The van der Waals surface area contributed by atoms with Gasteiger partial charge in [0.2, 0.25) is 0 Å². The van der Waals surface area contributed by atoms with Gasteiger partial charge >= 0.3 is 5.97 Å². The van der Waals surface area contributed by atoms with E-state index < -0.39 is 5.82 Å². The lowest BCUT2D eigenvalue weighted by molar-refractivity contribution is -0.135. The molecule has 3 nitrogen and oxygen atoms in total. The molecule has 0 heterocycles. The number of esters is 1. The van der Waals surface area contributed by atoms with Crippen LogP contribution in [0.3, 0.4) is 0 Å². The molecule has 0 saturated carbocycles. The molecule has 2 aromatic rings. The van der Waals surface area contributed by atoms with Crippen molar-refractivity contribution in [1.29, 1.82) is 5.26 Å². The van der Waals surface area contributed by atoms with Crippen LogP contribution in [-0.2, 0) is 4.79 Å². The normalized spacial score (nSPS) is 11.2. The minimum absolute atomic E-state index is 0.207. The van der Waals surface area contributed by atoms with E-state index in [1.165, 1.54) is 6.07 Å². The summed E-state index contributed by atoms with van der Waals surface area (Å²) in [6, 6.07) is 14.9. The fourth-order valence-corrected chi connectivity index (χ4v) is 2.19. The average Bonchev–Trinajstić information content (AvgIpc) is 2.53. The van der Waals surface area contributed by atoms with Gasteiger partial charge in [0.1, 0.15) is 11.6 Å². The minimum Gasteiger partial charge on any atom is -0.427 e. The minimum atomic E-state index is -0.454. The summed E-state index contributed by atoms with van der Waals surface area (Å²) >= 11 is 0. The molecule has 0 fully saturated rings. The number of halogens is 1. The summed E-state index contributed by atoms with van der Waals surface area (Å²) in [5.74, 6) is -0.141. The van der Waals surface area contributed by atoms with Crippen molar-refractivity contribution in [2.45, 2.75) is 20.3 Å². The Hall–Kier alpha value is -2.93. The molecule has 0 amide bonds. The first-order valence-electron chi connectivity index (χ1n) is 7.67. The van der Waals surface area contributed by atoms with Crippen LogP contribution >= 0.6 is 0 Å². The van der Waals surface area contributed by atoms with Crippen LogP contribution in [0, 0.1) is 23.1 Å². The Kier molecular flexibility index (Phi) is 5.86. The number of rotatable bonds is 5. The van der Waals surface area contributed by atoms with E-state index in [2.05, 4.69) is 0 Å². The summed E-state index contributed by atoms with van der Waals surface area (Å²) in [6.07, 6.45) is 1.90. The van der Waals surface area contributed by atoms with E-state index in [0.29, 0.717) is 17.7 Å². The van der Waals surface area contributed by atoms with E-state index >= 15 is 0 Å². The van der Waals surface area contributed by atoms with Gasteiger partial charge in [0.25, 0.3) is 0 Å². The molecule has 2 rings (SSSR count). The van der Waals surface area contributed by atoms with Gasteiger partial charge in [0, 0.05) is 12.0 Å². The Morgan fingerprint density at radius 2 is 2.00 bits per heavy atom. The maximum Gasteiger partial charge on any atom is 0.311 e. The van der Waals surface area contributed by atoms with Crippen molar-refractivity contribution in [2.24, 2.45) is 5.92 Å². The number of benzene rings is 2. The summed E-state index contributed by atoms with van der Waals surface area (Å²) < 4.78 is 19.1. The molecule has 0 unspecified atom stereocenters. The topological polar surface area (TPSA) is 50.1 Å². The molecule has 0 bridgehead atoms. The fraction of sp³-hybridized carbons (Fsp3) is 0.200. The quantitative estimate of drug-likeness (QED) is 0.342. The van der Waals surface area contributed by atoms with Crippen LogP contribution in [0.5, 0.6) is 5.75 Å².